The summed E-state index contributed by atoms with van der Waals surface area (Å²) in [4.78, 5) is 24.8. The van der Waals surface area contributed by atoms with Gasteiger partial charge in [0, 0.05) is 22.8 Å². The second-order valence-corrected chi connectivity index (χ2v) is 8.14. The van der Waals surface area contributed by atoms with Crippen LogP contribution < -0.4 is 10.9 Å². The van der Waals surface area contributed by atoms with E-state index in [2.05, 4.69) is 10.4 Å². The second kappa shape index (κ2) is 9.96. The number of hydrogen-bond donors (Lipinski definition) is 1. The number of aryl methyl sites for hydroxylation is 1. The second-order valence-electron chi connectivity index (χ2n) is 6.63. The number of carbonyl (C=O) groups is 1. The zero-order valence-electron chi connectivity index (χ0n) is 16.5. The fourth-order valence-electron chi connectivity index (χ4n) is 2.48. The summed E-state index contributed by atoms with van der Waals surface area (Å²) in [5.74, 6) is -0.803. The molecular weight excluding hydrogens is 403 g/mol. The van der Waals surface area contributed by atoms with Crippen molar-refractivity contribution in [3.63, 3.8) is 0 Å². The van der Waals surface area contributed by atoms with Crippen LogP contribution in [0.3, 0.4) is 0 Å². The van der Waals surface area contributed by atoms with Crippen molar-refractivity contribution < 1.29 is 18.0 Å². The Bertz CT molecular complexity index is 913. The lowest BCUT2D eigenvalue weighted by Crippen LogP contribution is -2.26. The number of unbranched alkanes of at least 4 members (excludes halogenated alkanes) is 1. The van der Waals surface area contributed by atoms with E-state index in [1.54, 1.807) is 6.07 Å². The molecule has 0 saturated heterocycles. The molecule has 158 valence electrons. The van der Waals surface area contributed by atoms with Crippen molar-refractivity contribution >= 4 is 23.4 Å². The number of aromatic nitrogens is 2. The van der Waals surface area contributed by atoms with Gasteiger partial charge in [-0.15, -0.1) is 11.8 Å². The molecule has 0 radical (unpaired) electrons. The molecule has 0 bridgehead atoms. The van der Waals surface area contributed by atoms with Gasteiger partial charge in [-0.3, -0.25) is 9.59 Å². The smallest absolute Gasteiger partial charge is 0.320 e. The summed E-state index contributed by atoms with van der Waals surface area (Å²) in [5, 5.41) is 6.43. The van der Waals surface area contributed by atoms with Gasteiger partial charge in [-0.2, -0.15) is 18.3 Å². The maximum absolute atomic E-state index is 13.5. The van der Waals surface area contributed by atoms with Crippen LogP contribution in [0.25, 0.3) is 0 Å². The third-order valence-corrected chi connectivity index (χ3v) is 5.54. The van der Waals surface area contributed by atoms with Crippen molar-refractivity contribution in [1.29, 1.82) is 0 Å². The molecule has 1 aromatic carbocycles. The molecule has 29 heavy (non-hydrogen) atoms. The van der Waals surface area contributed by atoms with Crippen molar-refractivity contribution in [1.82, 2.24) is 9.78 Å². The van der Waals surface area contributed by atoms with E-state index >= 15 is 0 Å². The number of carbonyl (C=O) groups excluding carboxylic acids is 1. The number of hydrogen-bond acceptors (Lipinski definition) is 4. The molecule has 9 heteroatoms. The summed E-state index contributed by atoms with van der Waals surface area (Å²) in [5.41, 5.74) is -1.74. The first kappa shape index (κ1) is 23.0. The molecule has 1 N–H and O–H groups in total. The topological polar surface area (TPSA) is 64.0 Å². The van der Waals surface area contributed by atoms with Crippen molar-refractivity contribution in [2.45, 2.75) is 62.9 Å². The summed E-state index contributed by atoms with van der Waals surface area (Å²) in [7, 11) is 0. The van der Waals surface area contributed by atoms with Crippen LogP contribution in [0, 0.1) is 0 Å². The number of rotatable bonds is 8. The first-order chi connectivity index (χ1) is 13.7. The fraction of sp³-hybridized carbons (Fsp3) is 0.450. The van der Waals surface area contributed by atoms with Crippen LogP contribution in [0.1, 0.15) is 56.1 Å². The maximum atomic E-state index is 13.5. The molecule has 1 heterocycles. The predicted molar refractivity (Wildman–Crippen MR) is 108 cm³/mol. The Kier molecular flexibility index (Phi) is 7.89. The molecule has 0 fully saturated rings. The highest BCUT2D eigenvalue weighted by Gasteiger charge is 2.34. The SMILES string of the molecule is CCCCn1nc(C(=O)Nc2ccc(SC(C)CC)cc2C(F)(F)F)ccc1=O. The maximum Gasteiger partial charge on any atom is 0.418 e. The summed E-state index contributed by atoms with van der Waals surface area (Å²) in [6.07, 6.45) is -2.27. The van der Waals surface area contributed by atoms with E-state index in [1.807, 2.05) is 20.8 Å². The minimum atomic E-state index is -4.62. The van der Waals surface area contributed by atoms with Gasteiger partial charge in [-0.05, 0) is 37.1 Å². The Morgan fingerprint density at radius 2 is 1.97 bits per heavy atom. The van der Waals surface area contributed by atoms with Crippen LogP contribution in [0.2, 0.25) is 0 Å². The quantitative estimate of drug-likeness (QED) is 0.588. The lowest BCUT2D eigenvalue weighted by atomic mass is 10.1. The Hall–Kier alpha value is -2.29. The summed E-state index contributed by atoms with van der Waals surface area (Å²) < 4.78 is 41.8. The van der Waals surface area contributed by atoms with Gasteiger partial charge in [0.25, 0.3) is 11.5 Å². The molecule has 1 aromatic heterocycles. The van der Waals surface area contributed by atoms with Crippen molar-refractivity contribution in [3.05, 3.63) is 51.9 Å². The molecule has 1 amide bonds. The highest BCUT2D eigenvalue weighted by Crippen LogP contribution is 2.38. The normalized spacial score (nSPS) is 12.6. The minimum absolute atomic E-state index is 0.119. The van der Waals surface area contributed by atoms with Crippen molar-refractivity contribution in [2.75, 3.05) is 5.32 Å². The van der Waals surface area contributed by atoms with Gasteiger partial charge in [0.1, 0.15) is 5.69 Å². The van der Waals surface area contributed by atoms with E-state index < -0.39 is 17.6 Å². The largest absolute Gasteiger partial charge is 0.418 e. The van der Waals surface area contributed by atoms with Crippen molar-refractivity contribution in [3.8, 4) is 0 Å². The van der Waals surface area contributed by atoms with Crippen LogP contribution in [0.15, 0.2) is 40.0 Å². The molecule has 5 nitrogen and oxygen atoms in total. The zero-order chi connectivity index (χ0) is 21.6. The van der Waals surface area contributed by atoms with Crippen LogP contribution in [-0.2, 0) is 12.7 Å². The number of amides is 1. The Morgan fingerprint density at radius 1 is 1.24 bits per heavy atom. The van der Waals surface area contributed by atoms with Crippen LogP contribution in [-0.4, -0.2) is 20.9 Å². The van der Waals surface area contributed by atoms with E-state index in [0.29, 0.717) is 17.9 Å². The monoisotopic (exact) mass is 427 g/mol. The van der Waals surface area contributed by atoms with Crippen LogP contribution >= 0.6 is 11.8 Å². The standard InChI is InChI=1S/C20H24F3N3O2S/c1-4-6-11-26-18(27)10-9-17(25-26)19(28)24-16-8-7-14(29-13(3)5-2)12-15(16)20(21,22)23/h7-10,12-13H,4-6,11H2,1-3H3,(H,24,28). The third kappa shape index (κ3) is 6.35. The van der Waals surface area contributed by atoms with Crippen LogP contribution in [0.5, 0.6) is 0 Å². The van der Waals surface area contributed by atoms with E-state index in [9.17, 15) is 22.8 Å². The summed E-state index contributed by atoms with van der Waals surface area (Å²) in [6.45, 7) is 6.19. The molecule has 1 unspecified atom stereocenters. The average Bonchev–Trinajstić information content (AvgIpc) is 2.67. The van der Waals surface area contributed by atoms with Gasteiger partial charge in [-0.1, -0.05) is 27.2 Å². The summed E-state index contributed by atoms with van der Waals surface area (Å²) in [6, 6.07) is 6.24. The lowest BCUT2D eigenvalue weighted by molar-refractivity contribution is -0.137. The number of thioether (sulfide) groups is 1. The molecule has 2 aromatic rings. The third-order valence-electron chi connectivity index (χ3n) is 4.28. The highest BCUT2D eigenvalue weighted by atomic mass is 32.2. The van der Waals surface area contributed by atoms with Gasteiger partial charge < -0.3 is 5.32 Å². The number of alkyl halides is 3. The van der Waals surface area contributed by atoms with Crippen molar-refractivity contribution in [2.24, 2.45) is 0 Å². The Balaban J connectivity index is 2.30. The number of nitrogens with zero attached hydrogens (tertiary/aromatic N) is 2. The fourth-order valence-corrected chi connectivity index (χ4v) is 3.44. The first-order valence-corrected chi connectivity index (χ1v) is 10.3. The Morgan fingerprint density at radius 3 is 2.59 bits per heavy atom. The molecule has 0 aliphatic heterocycles. The van der Waals surface area contributed by atoms with Gasteiger partial charge in [0.05, 0.1) is 11.3 Å². The highest BCUT2D eigenvalue weighted by molar-refractivity contribution is 7.99. The first-order valence-electron chi connectivity index (χ1n) is 9.43. The van der Waals surface area contributed by atoms with E-state index in [1.165, 1.54) is 30.0 Å². The summed E-state index contributed by atoms with van der Waals surface area (Å²) >= 11 is 1.35. The minimum Gasteiger partial charge on any atom is -0.320 e. The molecular formula is C20H24F3N3O2S. The van der Waals surface area contributed by atoms with E-state index in [-0.39, 0.29) is 22.2 Å². The Labute approximate surface area is 171 Å². The zero-order valence-corrected chi connectivity index (χ0v) is 17.4. The number of nitrogens with one attached hydrogen (secondary N) is 1. The molecule has 0 saturated carbocycles. The number of anilines is 1. The van der Waals surface area contributed by atoms with Gasteiger partial charge in [0.15, 0.2) is 0 Å². The van der Waals surface area contributed by atoms with Gasteiger partial charge >= 0.3 is 6.18 Å². The van der Waals surface area contributed by atoms with E-state index in [4.69, 9.17) is 0 Å². The number of halogens is 3. The van der Waals surface area contributed by atoms with Gasteiger partial charge in [-0.25, -0.2) is 4.68 Å². The lowest BCUT2D eigenvalue weighted by Gasteiger charge is -2.16. The van der Waals surface area contributed by atoms with Crippen LogP contribution in [0.4, 0.5) is 18.9 Å². The van der Waals surface area contributed by atoms with E-state index in [0.717, 1.165) is 23.6 Å². The molecule has 2 rings (SSSR count). The average molecular weight is 427 g/mol. The van der Waals surface area contributed by atoms with Gasteiger partial charge in [0.2, 0.25) is 0 Å². The molecule has 0 spiro atoms. The molecule has 0 aliphatic rings. The molecule has 1 atom stereocenters. The number of benzene rings is 1. The molecule has 0 aliphatic carbocycles. The predicted octanol–water partition coefficient (Wildman–Crippen LogP) is 5.21.